The molecule has 0 saturated carbocycles. The summed E-state index contributed by atoms with van der Waals surface area (Å²) in [4.78, 5) is 2.48. The quantitative estimate of drug-likeness (QED) is 0.181. The van der Waals surface area contributed by atoms with Crippen LogP contribution in [0.4, 0.5) is 17.1 Å². The minimum absolute atomic E-state index is 1.11. The van der Waals surface area contributed by atoms with E-state index >= 15 is 0 Å². The van der Waals surface area contributed by atoms with Crippen LogP contribution in [0.2, 0.25) is 0 Å². The lowest BCUT2D eigenvalue weighted by atomic mass is 9.98. The maximum Gasteiger partial charge on any atom is 0.131 e. The predicted octanol–water partition coefficient (Wildman–Crippen LogP) is 13.7. The van der Waals surface area contributed by atoms with E-state index < -0.39 is 0 Å². The molecule has 12 rings (SSSR count). The van der Waals surface area contributed by atoms with E-state index in [9.17, 15) is 0 Å². The number of benzene rings is 9. The van der Waals surface area contributed by atoms with Gasteiger partial charge in [0, 0.05) is 27.2 Å². The summed E-state index contributed by atoms with van der Waals surface area (Å²) in [5.41, 5.74) is 12.0. The molecule has 0 aliphatic rings. The van der Waals surface area contributed by atoms with Gasteiger partial charge in [0.05, 0.1) is 33.4 Å². The minimum Gasteiger partial charge on any atom is -0.308 e. The normalized spacial score (nSPS) is 12.2. The number of nitrogens with zero attached hydrogens (tertiary/aromatic N) is 3. The molecule has 0 atom stereocenters. The monoisotopic (exact) mass is 673 g/mol. The van der Waals surface area contributed by atoms with Gasteiger partial charge in [-0.3, -0.25) is 8.80 Å². The Morgan fingerprint density at radius 1 is 0.358 bits per heavy atom. The Bertz CT molecular complexity index is 3390. The second-order valence-electron chi connectivity index (χ2n) is 14.2. The largest absolute Gasteiger partial charge is 0.308 e. The van der Waals surface area contributed by atoms with Crippen molar-refractivity contribution in [2.75, 3.05) is 4.90 Å². The molecule has 0 aliphatic carbocycles. The zero-order valence-corrected chi connectivity index (χ0v) is 28.7. The van der Waals surface area contributed by atoms with Gasteiger partial charge in [-0.05, 0) is 80.5 Å². The third-order valence-electron chi connectivity index (χ3n) is 11.4. The highest BCUT2D eigenvalue weighted by Gasteiger charge is 2.27. The Balaban J connectivity index is 1.19. The van der Waals surface area contributed by atoms with Gasteiger partial charge in [-0.2, -0.15) is 0 Å². The van der Waals surface area contributed by atoms with Gasteiger partial charge in [0.2, 0.25) is 0 Å². The summed E-state index contributed by atoms with van der Waals surface area (Å²) in [6, 6.07) is 69.0. The summed E-state index contributed by atoms with van der Waals surface area (Å²) in [5.74, 6) is 0. The molecule has 0 radical (unpaired) electrons. The summed E-state index contributed by atoms with van der Waals surface area (Å²) in [5, 5.41) is 11.3. The third kappa shape index (κ3) is 3.94. The van der Waals surface area contributed by atoms with E-state index in [0.717, 1.165) is 17.1 Å². The van der Waals surface area contributed by atoms with Gasteiger partial charge in [-0.15, -0.1) is 0 Å². The molecule has 0 saturated heterocycles. The molecule has 246 valence electrons. The third-order valence-corrected chi connectivity index (χ3v) is 11.4. The first-order valence-electron chi connectivity index (χ1n) is 18.3. The standard InChI is InChI=1S/C50H31N3/c1-2-15-36-31-47-46(30-35(36)14-1)52-44-23-8-7-20-41(44)48-42-22-11-25-45(49(42)53(47)50(48)52)51(43-24-10-17-33-13-4-6-19-40(33)43)37-28-26-34(27-29-37)39-21-9-16-32-12-3-5-18-38(32)39/h1-31H. The first-order valence-corrected chi connectivity index (χ1v) is 18.3. The van der Waals surface area contributed by atoms with Crippen LogP contribution < -0.4 is 4.90 Å². The molecule has 12 aromatic rings. The van der Waals surface area contributed by atoms with E-state index in [0.29, 0.717) is 0 Å². The van der Waals surface area contributed by atoms with E-state index in [4.69, 9.17) is 0 Å². The fraction of sp³-hybridized carbons (Fsp3) is 0. The van der Waals surface area contributed by atoms with E-state index in [1.54, 1.807) is 0 Å². The van der Waals surface area contributed by atoms with Crippen molar-refractivity contribution in [1.82, 2.24) is 8.80 Å². The number of para-hydroxylation sites is 2. The Morgan fingerprint density at radius 2 is 0.906 bits per heavy atom. The van der Waals surface area contributed by atoms with Crippen molar-refractivity contribution in [1.29, 1.82) is 0 Å². The molecule has 0 aliphatic heterocycles. The minimum atomic E-state index is 1.11. The van der Waals surface area contributed by atoms with Crippen molar-refractivity contribution in [3.05, 3.63) is 188 Å². The van der Waals surface area contributed by atoms with Gasteiger partial charge in [-0.1, -0.05) is 146 Å². The van der Waals surface area contributed by atoms with Crippen LogP contribution in [-0.2, 0) is 0 Å². The molecule has 53 heavy (non-hydrogen) atoms. The van der Waals surface area contributed by atoms with Crippen molar-refractivity contribution in [3.63, 3.8) is 0 Å². The van der Waals surface area contributed by atoms with E-state index in [1.165, 1.54) is 87.3 Å². The van der Waals surface area contributed by atoms with E-state index in [1.807, 2.05) is 0 Å². The first kappa shape index (κ1) is 28.6. The van der Waals surface area contributed by atoms with Crippen LogP contribution in [0.25, 0.3) is 87.3 Å². The van der Waals surface area contributed by atoms with Crippen LogP contribution in [-0.4, -0.2) is 8.80 Å². The average molecular weight is 674 g/mol. The summed E-state index contributed by atoms with van der Waals surface area (Å²) >= 11 is 0. The van der Waals surface area contributed by atoms with Crippen molar-refractivity contribution in [3.8, 4) is 11.1 Å². The second-order valence-corrected chi connectivity index (χ2v) is 14.2. The molecule has 9 aromatic carbocycles. The van der Waals surface area contributed by atoms with Gasteiger partial charge in [0.25, 0.3) is 0 Å². The Hall–Kier alpha value is -7.10. The molecule has 3 aromatic heterocycles. The highest BCUT2D eigenvalue weighted by atomic mass is 15.2. The fourth-order valence-corrected chi connectivity index (χ4v) is 9.09. The summed E-state index contributed by atoms with van der Waals surface area (Å²) in [7, 11) is 0. The van der Waals surface area contributed by atoms with Crippen molar-refractivity contribution in [2.24, 2.45) is 0 Å². The van der Waals surface area contributed by atoms with Crippen LogP contribution in [0.5, 0.6) is 0 Å². The molecule has 0 fully saturated rings. The number of anilines is 3. The lowest BCUT2D eigenvalue weighted by Crippen LogP contribution is -2.11. The van der Waals surface area contributed by atoms with Crippen LogP contribution in [0, 0.1) is 0 Å². The lowest BCUT2D eigenvalue weighted by Gasteiger charge is -2.28. The molecule has 0 unspecified atom stereocenters. The maximum absolute atomic E-state index is 2.53. The van der Waals surface area contributed by atoms with Gasteiger partial charge < -0.3 is 4.90 Å². The van der Waals surface area contributed by atoms with Crippen LogP contribution in [0.15, 0.2) is 188 Å². The van der Waals surface area contributed by atoms with Gasteiger partial charge >= 0.3 is 0 Å². The molecule has 3 heterocycles. The number of rotatable bonds is 4. The van der Waals surface area contributed by atoms with Gasteiger partial charge in [0.1, 0.15) is 5.65 Å². The zero-order chi connectivity index (χ0) is 34.6. The topological polar surface area (TPSA) is 12.1 Å². The molecule has 0 N–H and O–H groups in total. The molecule has 3 heteroatoms. The smallest absolute Gasteiger partial charge is 0.131 e. The molecule has 0 spiro atoms. The number of imidazole rings is 1. The average Bonchev–Trinajstić information content (AvgIpc) is 3.85. The summed E-state index contributed by atoms with van der Waals surface area (Å²) in [6.07, 6.45) is 0. The second kappa shape index (κ2) is 10.7. The van der Waals surface area contributed by atoms with Gasteiger partial charge in [-0.25, -0.2) is 0 Å². The summed E-state index contributed by atoms with van der Waals surface area (Å²) in [6.45, 7) is 0. The summed E-state index contributed by atoms with van der Waals surface area (Å²) < 4.78 is 5.02. The molecule has 0 bridgehead atoms. The number of hydrogen-bond acceptors (Lipinski definition) is 1. The maximum atomic E-state index is 2.53. The Labute approximate surface area is 305 Å². The molecular formula is C50H31N3. The van der Waals surface area contributed by atoms with E-state index in [-0.39, 0.29) is 0 Å². The zero-order valence-electron chi connectivity index (χ0n) is 28.7. The highest BCUT2D eigenvalue weighted by Crippen LogP contribution is 2.48. The number of fused-ring (bicyclic) bond motifs is 12. The van der Waals surface area contributed by atoms with Crippen LogP contribution >= 0.6 is 0 Å². The van der Waals surface area contributed by atoms with E-state index in [2.05, 4.69) is 202 Å². The Morgan fingerprint density at radius 3 is 1.68 bits per heavy atom. The van der Waals surface area contributed by atoms with Crippen molar-refractivity contribution in [2.45, 2.75) is 0 Å². The molecule has 0 amide bonds. The number of aromatic nitrogens is 2. The lowest BCUT2D eigenvalue weighted by molar-refractivity contribution is 1.26. The van der Waals surface area contributed by atoms with Crippen LogP contribution in [0.3, 0.4) is 0 Å². The van der Waals surface area contributed by atoms with Gasteiger partial charge in [0.15, 0.2) is 0 Å². The first-order chi connectivity index (χ1) is 26.3. The van der Waals surface area contributed by atoms with Crippen molar-refractivity contribution >= 4 is 93.3 Å². The van der Waals surface area contributed by atoms with Crippen molar-refractivity contribution < 1.29 is 0 Å². The highest BCUT2D eigenvalue weighted by molar-refractivity contribution is 6.26. The SMILES string of the molecule is c1ccc2cc3c(cc2c1)n1c2ccccc2c2c4cccc(N(c5ccc(-c6cccc7ccccc67)cc5)c5cccc6ccccc56)c4n3c21. The Kier molecular flexibility index (Phi) is 5.77. The molecule has 3 nitrogen and oxygen atoms in total. The molecular weight excluding hydrogens is 643 g/mol. The van der Waals surface area contributed by atoms with Crippen LogP contribution in [0.1, 0.15) is 0 Å². The predicted molar refractivity (Wildman–Crippen MR) is 225 cm³/mol. The fourth-order valence-electron chi connectivity index (χ4n) is 9.09. The number of hydrogen-bond donors (Lipinski definition) is 0.